The third-order valence-corrected chi connectivity index (χ3v) is 5.32. The molecule has 0 saturated heterocycles. The van der Waals surface area contributed by atoms with Gasteiger partial charge in [0.25, 0.3) is 0 Å². The number of methoxy groups -OCH3 is 1. The Hall–Kier alpha value is -2.62. The number of aromatic nitrogens is 1. The number of ether oxygens (including phenoxy) is 2. The van der Waals surface area contributed by atoms with Gasteiger partial charge < -0.3 is 24.9 Å². The van der Waals surface area contributed by atoms with Crippen molar-refractivity contribution < 1.29 is 23.2 Å². The molecule has 1 aromatic carbocycles. The summed E-state index contributed by atoms with van der Waals surface area (Å²) in [5.41, 5.74) is 1.43. The van der Waals surface area contributed by atoms with Crippen LogP contribution in [0.1, 0.15) is 5.56 Å². The van der Waals surface area contributed by atoms with Gasteiger partial charge in [-0.3, -0.25) is 0 Å². The lowest BCUT2D eigenvalue weighted by atomic mass is 10.2. The molecule has 0 bridgehead atoms. The summed E-state index contributed by atoms with van der Waals surface area (Å²) >= 11 is 5.93. The number of hydrogen-bond acceptors (Lipinski definition) is 6. The van der Waals surface area contributed by atoms with Crippen LogP contribution in [0.3, 0.4) is 0 Å². The normalized spacial score (nSPS) is 15.4. The van der Waals surface area contributed by atoms with E-state index in [4.69, 9.17) is 26.5 Å². The van der Waals surface area contributed by atoms with Crippen LogP contribution in [0.25, 0.3) is 10.4 Å². The van der Waals surface area contributed by atoms with E-state index in [1.54, 1.807) is 12.1 Å². The van der Waals surface area contributed by atoms with Crippen LogP contribution in [0, 0.1) is 5.41 Å². The van der Waals surface area contributed by atoms with Crippen molar-refractivity contribution in [3.05, 3.63) is 51.8 Å². The van der Waals surface area contributed by atoms with E-state index < -0.39 is 10.0 Å². The predicted octanol–water partition coefficient (Wildman–Crippen LogP) is 2.08. The summed E-state index contributed by atoms with van der Waals surface area (Å²) in [5.74, 6) is 0.514. The van der Waals surface area contributed by atoms with Crippen LogP contribution in [0.4, 0.5) is 5.69 Å². The van der Waals surface area contributed by atoms with E-state index in [0.717, 1.165) is 11.9 Å². The zero-order valence-corrected chi connectivity index (χ0v) is 15.9. The molecule has 10 heteroatoms. The predicted molar refractivity (Wildman–Crippen MR) is 101 cm³/mol. The molecule has 3 N–H and O–H groups in total. The fourth-order valence-corrected chi connectivity index (χ4v) is 3.97. The number of nitrogens with one attached hydrogen (secondary N) is 1. The minimum absolute atomic E-state index is 0.130. The average molecular weight is 409 g/mol. The van der Waals surface area contributed by atoms with Crippen LogP contribution in [0.15, 0.2) is 41.4 Å². The first-order valence-corrected chi connectivity index (χ1v) is 9.75. The van der Waals surface area contributed by atoms with E-state index in [9.17, 15) is 8.42 Å². The van der Waals surface area contributed by atoms with Crippen molar-refractivity contribution in [2.45, 2.75) is 4.90 Å². The molecule has 3 rings (SSSR count). The zero-order valence-electron chi connectivity index (χ0n) is 14.3. The number of nitrogens with zero attached hydrogens (tertiary/aromatic N) is 2. The Morgan fingerprint density at radius 3 is 2.96 bits per heavy atom. The Balaban J connectivity index is 2.00. The number of benzene rings is 1. The number of sulfonamides is 1. The molecule has 0 unspecified atom stereocenters. The fourth-order valence-electron chi connectivity index (χ4n) is 2.58. The number of quaternary nitrogens is 1. The number of pyridine rings is 1. The van der Waals surface area contributed by atoms with Gasteiger partial charge in [0.05, 0.1) is 17.6 Å². The number of hydrogen-bond donors (Lipinski definition) is 2. The topological polar surface area (TPSA) is 120 Å². The lowest BCUT2D eigenvalue weighted by Crippen LogP contribution is -2.81. The number of nitrogens with two attached hydrogens (primary N) is 1. The molecule has 0 aliphatic carbocycles. The van der Waals surface area contributed by atoms with Gasteiger partial charge in [0, 0.05) is 23.5 Å². The van der Waals surface area contributed by atoms with Crippen molar-refractivity contribution in [1.82, 2.24) is 4.98 Å². The van der Waals surface area contributed by atoms with E-state index in [1.165, 1.54) is 31.5 Å². The van der Waals surface area contributed by atoms with Gasteiger partial charge in [-0.15, -0.1) is 5.69 Å². The summed E-state index contributed by atoms with van der Waals surface area (Å²) in [5, 5.41) is 9.45. The van der Waals surface area contributed by atoms with Gasteiger partial charge in [-0.2, -0.15) is 0 Å². The molecular formula is C17H17ClN4O4S. The number of rotatable bonds is 5. The monoisotopic (exact) mass is 408 g/mol. The van der Waals surface area contributed by atoms with Crippen LogP contribution >= 0.6 is 11.6 Å². The number of fused-ring (bicyclic) bond motifs is 1. The molecule has 0 radical (unpaired) electrons. The molecule has 2 aromatic rings. The largest absolute Gasteiger partial charge is 0.571 e. The Kier molecular flexibility index (Phi) is 5.64. The maximum absolute atomic E-state index is 12.8. The molecule has 0 amide bonds. The van der Waals surface area contributed by atoms with Crippen LogP contribution in [0.5, 0.6) is 11.6 Å². The summed E-state index contributed by atoms with van der Waals surface area (Å²) in [6.45, 7) is 1.10. The molecule has 0 atom stereocenters. The summed E-state index contributed by atoms with van der Waals surface area (Å²) in [4.78, 5) is 4.04. The molecule has 1 aliphatic heterocycles. The Labute approximate surface area is 161 Å². The van der Waals surface area contributed by atoms with Crippen LogP contribution in [0.2, 0.25) is 5.02 Å². The summed E-state index contributed by atoms with van der Waals surface area (Å²) in [7, 11) is -2.71. The molecule has 142 valence electrons. The first-order chi connectivity index (χ1) is 12.9. The Bertz CT molecular complexity index is 1010. The molecule has 2 heterocycles. The van der Waals surface area contributed by atoms with E-state index in [0.29, 0.717) is 24.6 Å². The molecule has 0 fully saturated rings. The second kappa shape index (κ2) is 7.95. The Morgan fingerprint density at radius 2 is 2.22 bits per heavy atom. The standard InChI is InChI=1S/C17H16ClN4O4S/c1-25-15-3-2-11(18)8-16(15)27(23,24)22-12-9-13-14(4-5-19)20-6-7-26-17(13)21-10-12/h2-5,8-10,19-20H,6-7H2,1H3/q-1/p+1. The van der Waals surface area contributed by atoms with Gasteiger partial charge in [-0.25, -0.2) is 13.4 Å². The second-order valence-corrected chi connectivity index (χ2v) is 7.55. The first-order valence-electron chi connectivity index (χ1n) is 7.93. The first kappa shape index (κ1) is 19.2. The number of allylic oxidation sites excluding steroid dienone is 1. The van der Waals surface area contributed by atoms with Crippen molar-refractivity contribution in [2.24, 2.45) is 0 Å². The Morgan fingerprint density at radius 1 is 1.41 bits per heavy atom. The van der Waals surface area contributed by atoms with Gasteiger partial charge in [0.15, 0.2) is 0 Å². The fraction of sp³-hybridized carbons (Fsp3) is 0.176. The molecule has 0 spiro atoms. The van der Waals surface area contributed by atoms with Gasteiger partial charge in [-0.1, -0.05) is 17.7 Å². The molecule has 8 nitrogen and oxygen atoms in total. The summed E-state index contributed by atoms with van der Waals surface area (Å²) < 4.78 is 40.0. The highest BCUT2D eigenvalue weighted by atomic mass is 35.5. The number of halogens is 1. The minimum atomic E-state index is -4.08. The SMILES string of the molecule is COc1ccc(Cl)cc1S(=O)(=O)[N-]c1cnc2c(c1)C(=CC=N)[NH2+]CCO2. The smallest absolute Gasteiger partial charge is 0.226 e. The zero-order chi connectivity index (χ0) is 19.4. The van der Waals surface area contributed by atoms with Crippen molar-refractivity contribution in [1.29, 1.82) is 5.41 Å². The van der Waals surface area contributed by atoms with Crippen molar-refractivity contribution in [3.8, 4) is 11.6 Å². The van der Waals surface area contributed by atoms with E-state index in [1.807, 2.05) is 5.32 Å². The highest BCUT2D eigenvalue weighted by Gasteiger charge is 2.19. The van der Waals surface area contributed by atoms with Crippen molar-refractivity contribution >= 4 is 39.2 Å². The third-order valence-electron chi connectivity index (χ3n) is 3.76. The van der Waals surface area contributed by atoms with E-state index in [-0.39, 0.29) is 21.4 Å². The molecular weight excluding hydrogens is 392 g/mol. The summed E-state index contributed by atoms with van der Waals surface area (Å²) in [6.07, 6.45) is 4.06. The molecule has 1 aliphatic rings. The van der Waals surface area contributed by atoms with Gasteiger partial charge in [-0.05, 0) is 18.2 Å². The quantitative estimate of drug-likeness (QED) is 0.734. The van der Waals surface area contributed by atoms with Crippen molar-refractivity contribution in [2.75, 3.05) is 20.3 Å². The third kappa shape index (κ3) is 4.21. The molecule has 27 heavy (non-hydrogen) atoms. The minimum Gasteiger partial charge on any atom is -0.571 e. The maximum atomic E-state index is 12.8. The second-order valence-electron chi connectivity index (χ2n) is 5.54. The molecule has 0 saturated carbocycles. The average Bonchev–Trinajstić information content (AvgIpc) is 2.84. The van der Waals surface area contributed by atoms with Crippen molar-refractivity contribution in [3.63, 3.8) is 0 Å². The van der Waals surface area contributed by atoms with Gasteiger partial charge in [0.1, 0.15) is 34.6 Å². The maximum Gasteiger partial charge on any atom is 0.226 e. The van der Waals surface area contributed by atoms with Crippen LogP contribution in [-0.4, -0.2) is 39.9 Å². The lowest BCUT2D eigenvalue weighted by Gasteiger charge is -2.23. The van der Waals surface area contributed by atoms with E-state index >= 15 is 0 Å². The summed E-state index contributed by atoms with van der Waals surface area (Å²) in [6, 6.07) is 5.85. The van der Waals surface area contributed by atoms with Gasteiger partial charge >= 0.3 is 0 Å². The van der Waals surface area contributed by atoms with Gasteiger partial charge in [0.2, 0.25) is 5.88 Å². The van der Waals surface area contributed by atoms with Crippen LogP contribution < -0.4 is 14.8 Å². The van der Waals surface area contributed by atoms with Crippen LogP contribution in [-0.2, 0) is 10.0 Å². The highest BCUT2D eigenvalue weighted by molar-refractivity contribution is 7.94. The molecule has 1 aromatic heterocycles. The lowest BCUT2D eigenvalue weighted by molar-refractivity contribution is -0.562. The highest BCUT2D eigenvalue weighted by Crippen LogP contribution is 2.36. The van der Waals surface area contributed by atoms with E-state index in [2.05, 4.69) is 9.71 Å².